The normalized spacial score (nSPS) is 23.1. The van der Waals surface area contributed by atoms with Crippen molar-refractivity contribution in [3.63, 3.8) is 0 Å². The van der Waals surface area contributed by atoms with Crippen LogP contribution < -0.4 is 0 Å². The van der Waals surface area contributed by atoms with Crippen LogP contribution >= 0.6 is 0 Å². The molecule has 0 bridgehead atoms. The van der Waals surface area contributed by atoms with Crippen LogP contribution in [0.25, 0.3) is 0 Å². The summed E-state index contributed by atoms with van der Waals surface area (Å²) in [7, 11) is -3.62. The molecule has 1 atom stereocenters. The topological polar surface area (TPSA) is 70.0 Å². The van der Waals surface area contributed by atoms with Crippen LogP contribution in [0.5, 0.6) is 0 Å². The molecule has 110 valence electrons. The molecule has 0 spiro atoms. The van der Waals surface area contributed by atoms with Crippen LogP contribution in [0, 0.1) is 11.7 Å². The monoisotopic (exact) mass is 300 g/mol. The molecule has 1 aliphatic rings. The summed E-state index contributed by atoms with van der Waals surface area (Å²) in [4.78, 5) is 0.0816. The number of benzene rings is 1. The minimum atomic E-state index is -3.62. The first kappa shape index (κ1) is 14.9. The van der Waals surface area contributed by atoms with E-state index in [1.165, 1.54) is 16.4 Å². The molecule has 7 heteroatoms. The van der Waals surface area contributed by atoms with E-state index < -0.39 is 15.8 Å². The Morgan fingerprint density at radius 2 is 2.05 bits per heavy atom. The summed E-state index contributed by atoms with van der Waals surface area (Å²) >= 11 is 0. The highest BCUT2D eigenvalue weighted by molar-refractivity contribution is 7.89. The van der Waals surface area contributed by atoms with Gasteiger partial charge in [-0.05, 0) is 30.7 Å². The van der Waals surface area contributed by atoms with Gasteiger partial charge in [0.1, 0.15) is 5.82 Å². The molecule has 5 nitrogen and oxygen atoms in total. The average Bonchev–Trinajstić information content (AvgIpc) is 2.46. The van der Waals surface area contributed by atoms with Gasteiger partial charge in [-0.2, -0.15) is 4.31 Å². The van der Waals surface area contributed by atoms with Gasteiger partial charge in [0.05, 0.1) is 10.6 Å². The maximum Gasteiger partial charge on any atom is 0.243 e. The first-order valence-electron chi connectivity index (χ1n) is 6.45. The summed E-state index contributed by atoms with van der Waals surface area (Å²) < 4.78 is 39.2. The Kier molecular flexibility index (Phi) is 4.39. The molecule has 0 amide bonds. The van der Waals surface area contributed by atoms with Crippen molar-refractivity contribution in [2.75, 3.05) is 13.1 Å². The third-order valence-electron chi connectivity index (χ3n) is 3.59. The van der Waals surface area contributed by atoms with Crippen LogP contribution in [0.1, 0.15) is 19.8 Å². The quantitative estimate of drug-likeness (QED) is 0.686. The van der Waals surface area contributed by atoms with Crippen molar-refractivity contribution in [3.8, 4) is 0 Å². The largest absolute Gasteiger partial charge is 0.411 e. The summed E-state index contributed by atoms with van der Waals surface area (Å²) in [5.41, 5.74) is 0.637. The van der Waals surface area contributed by atoms with Gasteiger partial charge in [0, 0.05) is 25.4 Å². The molecule has 1 aromatic carbocycles. The average molecular weight is 300 g/mol. The molecule has 0 aliphatic carbocycles. The zero-order chi connectivity index (χ0) is 14.8. The Morgan fingerprint density at radius 1 is 1.40 bits per heavy atom. The van der Waals surface area contributed by atoms with Gasteiger partial charge in [-0.15, -0.1) is 0 Å². The van der Waals surface area contributed by atoms with Crippen LogP contribution in [-0.4, -0.2) is 36.7 Å². The van der Waals surface area contributed by atoms with Crippen molar-refractivity contribution >= 4 is 15.7 Å². The number of halogens is 1. The minimum absolute atomic E-state index is 0.0797. The van der Waals surface area contributed by atoms with E-state index in [-0.39, 0.29) is 23.9 Å². The molecule has 1 aromatic rings. The lowest BCUT2D eigenvalue weighted by Gasteiger charge is -2.31. The second-order valence-corrected chi connectivity index (χ2v) is 6.70. The molecule has 1 N–H and O–H groups in total. The van der Waals surface area contributed by atoms with Gasteiger partial charge in [0.15, 0.2) is 0 Å². The lowest BCUT2D eigenvalue weighted by molar-refractivity contribution is 0.295. The number of hydrogen-bond donors (Lipinski definition) is 1. The first-order valence-corrected chi connectivity index (χ1v) is 7.89. The van der Waals surface area contributed by atoms with Crippen LogP contribution in [-0.2, 0) is 10.0 Å². The Labute approximate surface area is 117 Å². The van der Waals surface area contributed by atoms with Crippen LogP contribution in [0.15, 0.2) is 34.3 Å². The number of hydrogen-bond acceptors (Lipinski definition) is 4. The van der Waals surface area contributed by atoms with E-state index in [0.717, 1.165) is 12.1 Å². The number of nitrogens with zero attached hydrogens (tertiary/aromatic N) is 2. The fraction of sp³-hybridized carbons (Fsp3) is 0.462. The molecule has 1 aliphatic heterocycles. The van der Waals surface area contributed by atoms with E-state index >= 15 is 0 Å². The van der Waals surface area contributed by atoms with E-state index in [2.05, 4.69) is 5.16 Å². The van der Waals surface area contributed by atoms with Crippen molar-refractivity contribution in [2.45, 2.75) is 24.7 Å². The van der Waals surface area contributed by atoms with E-state index in [1.807, 2.05) is 6.92 Å². The molecule has 1 fully saturated rings. The lowest BCUT2D eigenvalue weighted by Crippen LogP contribution is -2.43. The molecular weight excluding hydrogens is 283 g/mol. The minimum Gasteiger partial charge on any atom is -0.411 e. The summed E-state index contributed by atoms with van der Waals surface area (Å²) in [6, 6.07) is 4.80. The number of sulfonamides is 1. The van der Waals surface area contributed by atoms with Crippen LogP contribution in [0.4, 0.5) is 4.39 Å². The van der Waals surface area contributed by atoms with E-state index in [4.69, 9.17) is 5.21 Å². The first-order chi connectivity index (χ1) is 9.48. The highest BCUT2D eigenvalue weighted by Crippen LogP contribution is 2.24. The highest BCUT2D eigenvalue weighted by atomic mass is 32.2. The van der Waals surface area contributed by atoms with E-state index in [9.17, 15) is 12.8 Å². The molecule has 0 radical (unpaired) electrons. The van der Waals surface area contributed by atoms with Crippen LogP contribution in [0.3, 0.4) is 0 Å². The van der Waals surface area contributed by atoms with Gasteiger partial charge >= 0.3 is 0 Å². The SMILES string of the molecule is CCC1CN(S(=O)(=O)c2ccc(F)cc2)CC/C1=N\O. The second kappa shape index (κ2) is 5.88. The molecule has 0 aromatic heterocycles. The number of rotatable bonds is 3. The predicted octanol–water partition coefficient (Wildman–Crippen LogP) is 2.08. The van der Waals surface area contributed by atoms with Gasteiger partial charge in [0.2, 0.25) is 10.0 Å². The molecule has 1 saturated heterocycles. The maximum absolute atomic E-state index is 12.9. The molecule has 1 unspecified atom stereocenters. The fourth-order valence-electron chi connectivity index (χ4n) is 2.36. The number of piperidine rings is 1. The Balaban J connectivity index is 2.25. The number of oxime groups is 1. The Bertz CT molecular complexity index is 599. The maximum atomic E-state index is 12.9. The van der Waals surface area contributed by atoms with Gasteiger partial charge in [-0.25, -0.2) is 12.8 Å². The van der Waals surface area contributed by atoms with Gasteiger partial charge in [0.25, 0.3) is 0 Å². The summed E-state index contributed by atoms with van der Waals surface area (Å²) in [5, 5.41) is 12.2. The second-order valence-electron chi connectivity index (χ2n) is 4.76. The molecule has 0 saturated carbocycles. The zero-order valence-electron chi connectivity index (χ0n) is 11.2. The molecule has 1 heterocycles. The lowest BCUT2D eigenvalue weighted by atomic mass is 9.95. The van der Waals surface area contributed by atoms with Crippen molar-refractivity contribution in [1.29, 1.82) is 0 Å². The van der Waals surface area contributed by atoms with Crippen molar-refractivity contribution < 1.29 is 18.0 Å². The molecular formula is C13H17FN2O3S. The van der Waals surface area contributed by atoms with Gasteiger partial charge in [-0.1, -0.05) is 12.1 Å². The summed E-state index contributed by atoms with van der Waals surface area (Å²) in [6.07, 6.45) is 1.12. The van der Waals surface area contributed by atoms with E-state index in [0.29, 0.717) is 18.6 Å². The Morgan fingerprint density at radius 3 is 2.60 bits per heavy atom. The highest BCUT2D eigenvalue weighted by Gasteiger charge is 2.32. The van der Waals surface area contributed by atoms with Crippen molar-refractivity contribution in [2.24, 2.45) is 11.1 Å². The third-order valence-corrected chi connectivity index (χ3v) is 5.46. The summed E-state index contributed by atoms with van der Waals surface area (Å²) in [6.45, 7) is 2.48. The standard InChI is InChI=1S/C13H17FN2O3S/c1-2-10-9-16(8-7-13(10)15-17)20(18,19)12-5-3-11(14)4-6-12/h3-6,10,17H,2,7-9H2,1H3/b15-13+. The van der Waals surface area contributed by atoms with Crippen LogP contribution in [0.2, 0.25) is 0 Å². The smallest absolute Gasteiger partial charge is 0.243 e. The molecule has 2 rings (SSSR count). The van der Waals surface area contributed by atoms with Gasteiger partial charge in [-0.3, -0.25) is 0 Å². The zero-order valence-corrected chi connectivity index (χ0v) is 12.0. The van der Waals surface area contributed by atoms with Crippen molar-refractivity contribution in [3.05, 3.63) is 30.1 Å². The Hall–Kier alpha value is -1.47. The van der Waals surface area contributed by atoms with Gasteiger partial charge < -0.3 is 5.21 Å². The summed E-state index contributed by atoms with van der Waals surface area (Å²) in [5.74, 6) is -0.548. The van der Waals surface area contributed by atoms with E-state index in [1.54, 1.807) is 0 Å². The molecule has 20 heavy (non-hydrogen) atoms. The fourth-order valence-corrected chi connectivity index (χ4v) is 3.84. The predicted molar refractivity (Wildman–Crippen MR) is 72.8 cm³/mol. The van der Waals surface area contributed by atoms with Crippen molar-refractivity contribution in [1.82, 2.24) is 4.31 Å². The third kappa shape index (κ3) is 2.83.